The Labute approximate surface area is 176 Å². The molecule has 0 saturated carbocycles. The zero-order valence-electron chi connectivity index (χ0n) is 16.2. The van der Waals surface area contributed by atoms with Crippen molar-refractivity contribution in [3.63, 3.8) is 0 Å². The van der Waals surface area contributed by atoms with Gasteiger partial charge in [0.25, 0.3) is 0 Å². The molecule has 0 fully saturated rings. The number of aryl methyl sites for hydroxylation is 1. The summed E-state index contributed by atoms with van der Waals surface area (Å²) in [6.07, 6.45) is 0. The number of benzene rings is 3. The Hall–Kier alpha value is -2.17. The first kappa shape index (κ1) is 20.6. The predicted molar refractivity (Wildman–Crippen MR) is 123 cm³/mol. The van der Waals surface area contributed by atoms with Crippen LogP contribution in [-0.4, -0.2) is 11.2 Å². The van der Waals surface area contributed by atoms with Crippen LogP contribution in [0.1, 0.15) is 23.6 Å². The van der Waals surface area contributed by atoms with E-state index in [-0.39, 0.29) is 11.2 Å². The molecule has 1 N–H and O–H groups in total. The Balaban J connectivity index is 1.52. The van der Waals surface area contributed by atoms with Gasteiger partial charge in [0.05, 0.1) is 5.25 Å². The first-order chi connectivity index (χ1) is 13.6. The Morgan fingerprint density at radius 3 is 2.25 bits per heavy atom. The molecule has 0 unspecified atom stereocenters. The van der Waals surface area contributed by atoms with Crippen molar-refractivity contribution in [2.24, 2.45) is 0 Å². The van der Waals surface area contributed by atoms with Crippen LogP contribution in [0.2, 0.25) is 0 Å². The maximum absolute atomic E-state index is 12.5. The minimum Gasteiger partial charge on any atom is -0.325 e. The van der Waals surface area contributed by atoms with Crippen molar-refractivity contribution in [2.75, 3.05) is 5.32 Å². The fraction of sp³-hybridized carbons (Fsp3) is 0.208. The molecular weight excluding hydrogens is 382 g/mol. The van der Waals surface area contributed by atoms with E-state index in [1.807, 2.05) is 55.9 Å². The lowest BCUT2D eigenvalue weighted by atomic mass is 10.1. The van der Waals surface area contributed by atoms with Crippen molar-refractivity contribution in [2.45, 2.75) is 35.5 Å². The van der Waals surface area contributed by atoms with Gasteiger partial charge in [0, 0.05) is 22.1 Å². The summed E-state index contributed by atoms with van der Waals surface area (Å²) in [4.78, 5) is 13.8. The molecule has 3 rings (SSSR count). The fourth-order valence-electron chi connectivity index (χ4n) is 2.74. The van der Waals surface area contributed by atoms with Gasteiger partial charge in [-0.3, -0.25) is 4.79 Å². The van der Waals surface area contributed by atoms with E-state index in [2.05, 4.69) is 53.8 Å². The Kier molecular flexibility index (Phi) is 7.63. The molecule has 2 nitrogen and oxygen atoms in total. The molecule has 0 aromatic heterocycles. The minimum absolute atomic E-state index is 0.0513. The number of carbonyl (C=O) groups is 1. The van der Waals surface area contributed by atoms with Crippen LogP contribution in [0.25, 0.3) is 0 Å². The number of thioether (sulfide) groups is 2. The molecule has 3 aromatic rings. The lowest BCUT2D eigenvalue weighted by Gasteiger charge is -2.14. The average molecular weight is 408 g/mol. The van der Waals surface area contributed by atoms with E-state index >= 15 is 0 Å². The topological polar surface area (TPSA) is 29.1 Å². The fourth-order valence-corrected chi connectivity index (χ4v) is 4.45. The van der Waals surface area contributed by atoms with E-state index in [4.69, 9.17) is 0 Å². The molecular formula is C24H25NOS2. The van der Waals surface area contributed by atoms with Gasteiger partial charge in [-0.2, -0.15) is 0 Å². The summed E-state index contributed by atoms with van der Waals surface area (Å²) < 4.78 is 0. The van der Waals surface area contributed by atoms with Crippen molar-refractivity contribution in [1.82, 2.24) is 0 Å². The molecule has 1 amide bonds. The van der Waals surface area contributed by atoms with Gasteiger partial charge in [0.2, 0.25) is 5.91 Å². The highest BCUT2D eigenvalue weighted by atomic mass is 32.2. The zero-order chi connectivity index (χ0) is 19.8. The molecule has 0 aliphatic rings. The molecule has 3 aromatic carbocycles. The van der Waals surface area contributed by atoms with Crippen LogP contribution in [0.5, 0.6) is 0 Å². The molecule has 0 aliphatic heterocycles. The molecule has 0 aliphatic carbocycles. The van der Waals surface area contributed by atoms with Gasteiger partial charge in [-0.15, -0.1) is 23.5 Å². The Bertz CT molecular complexity index is 897. The van der Waals surface area contributed by atoms with Gasteiger partial charge < -0.3 is 5.32 Å². The maximum atomic E-state index is 12.5. The number of anilines is 1. The van der Waals surface area contributed by atoms with E-state index in [9.17, 15) is 4.79 Å². The van der Waals surface area contributed by atoms with Crippen LogP contribution < -0.4 is 5.32 Å². The first-order valence-electron chi connectivity index (χ1n) is 9.35. The third-order valence-electron chi connectivity index (χ3n) is 4.41. The summed E-state index contributed by atoms with van der Waals surface area (Å²) in [7, 11) is 0. The van der Waals surface area contributed by atoms with Crippen molar-refractivity contribution < 1.29 is 4.79 Å². The van der Waals surface area contributed by atoms with Gasteiger partial charge in [0.15, 0.2) is 0 Å². The second-order valence-electron chi connectivity index (χ2n) is 6.68. The summed E-state index contributed by atoms with van der Waals surface area (Å²) in [5.41, 5.74) is 4.49. The Morgan fingerprint density at radius 2 is 1.57 bits per heavy atom. The molecule has 1 atom stereocenters. The van der Waals surface area contributed by atoms with E-state index in [0.29, 0.717) is 0 Å². The van der Waals surface area contributed by atoms with Crippen LogP contribution in [0, 0.1) is 6.92 Å². The third kappa shape index (κ3) is 6.18. The molecule has 4 heteroatoms. The summed E-state index contributed by atoms with van der Waals surface area (Å²) >= 11 is 3.48. The smallest absolute Gasteiger partial charge is 0.237 e. The van der Waals surface area contributed by atoms with Crippen LogP contribution in [-0.2, 0) is 16.3 Å². The van der Waals surface area contributed by atoms with E-state index in [1.54, 1.807) is 11.8 Å². The second-order valence-corrected chi connectivity index (χ2v) is 9.06. The van der Waals surface area contributed by atoms with Gasteiger partial charge in [0.1, 0.15) is 0 Å². The highest BCUT2D eigenvalue weighted by Crippen LogP contribution is 2.26. The average Bonchev–Trinajstić information content (AvgIpc) is 2.73. The van der Waals surface area contributed by atoms with E-state index < -0.39 is 0 Å². The number of amides is 1. The molecule has 0 radical (unpaired) electrons. The number of rotatable bonds is 8. The Morgan fingerprint density at radius 1 is 0.893 bits per heavy atom. The zero-order valence-corrected chi connectivity index (χ0v) is 17.9. The molecule has 0 heterocycles. The summed E-state index contributed by atoms with van der Waals surface area (Å²) in [5, 5.41) is 2.98. The number of carbonyl (C=O) groups excluding carboxylic acids is 1. The SMILES string of the molecule is Cc1cc(CSc2ccccc2)ccc1NC(=O)[C@H](C)SCc1ccccc1. The van der Waals surface area contributed by atoms with Crippen LogP contribution >= 0.6 is 23.5 Å². The van der Waals surface area contributed by atoms with Crippen molar-refractivity contribution in [3.8, 4) is 0 Å². The van der Waals surface area contributed by atoms with Gasteiger partial charge >= 0.3 is 0 Å². The van der Waals surface area contributed by atoms with Crippen molar-refractivity contribution in [3.05, 3.63) is 95.6 Å². The lowest BCUT2D eigenvalue weighted by molar-refractivity contribution is -0.115. The molecule has 0 bridgehead atoms. The first-order valence-corrected chi connectivity index (χ1v) is 11.4. The van der Waals surface area contributed by atoms with Crippen LogP contribution in [0.15, 0.2) is 83.8 Å². The minimum atomic E-state index is -0.104. The standard InChI is InChI=1S/C24H25NOS2/c1-18-15-21(17-28-22-11-7-4-8-12-22)13-14-23(18)25-24(26)19(2)27-16-20-9-5-3-6-10-20/h3-15,19H,16-17H2,1-2H3,(H,25,26)/t19-/m0/s1. The number of hydrogen-bond acceptors (Lipinski definition) is 3. The molecule has 0 spiro atoms. The number of nitrogens with one attached hydrogen (secondary N) is 1. The highest BCUT2D eigenvalue weighted by molar-refractivity contribution is 7.99. The maximum Gasteiger partial charge on any atom is 0.237 e. The summed E-state index contributed by atoms with van der Waals surface area (Å²) in [5.74, 6) is 1.81. The second kappa shape index (κ2) is 10.4. The molecule has 144 valence electrons. The normalized spacial score (nSPS) is 11.8. The quantitative estimate of drug-likeness (QED) is 0.429. The van der Waals surface area contributed by atoms with Crippen molar-refractivity contribution >= 4 is 35.1 Å². The van der Waals surface area contributed by atoms with Crippen LogP contribution in [0.3, 0.4) is 0 Å². The van der Waals surface area contributed by atoms with E-state index in [1.165, 1.54) is 16.0 Å². The lowest BCUT2D eigenvalue weighted by Crippen LogP contribution is -2.23. The third-order valence-corrected chi connectivity index (χ3v) is 6.71. The van der Waals surface area contributed by atoms with Gasteiger partial charge in [-0.1, -0.05) is 60.7 Å². The summed E-state index contributed by atoms with van der Waals surface area (Å²) in [6, 6.07) is 26.9. The predicted octanol–water partition coefficient (Wildman–Crippen LogP) is 6.55. The van der Waals surface area contributed by atoms with E-state index in [0.717, 1.165) is 22.8 Å². The highest BCUT2D eigenvalue weighted by Gasteiger charge is 2.14. The van der Waals surface area contributed by atoms with Crippen LogP contribution in [0.4, 0.5) is 5.69 Å². The largest absolute Gasteiger partial charge is 0.325 e. The molecule has 0 saturated heterocycles. The van der Waals surface area contributed by atoms with Gasteiger partial charge in [-0.05, 0) is 48.7 Å². The van der Waals surface area contributed by atoms with Crippen molar-refractivity contribution in [1.29, 1.82) is 0 Å². The number of hydrogen-bond donors (Lipinski definition) is 1. The molecule has 28 heavy (non-hydrogen) atoms. The summed E-state index contributed by atoms with van der Waals surface area (Å²) in [6.45, 7) is 4.01. The monoisotopic (exact) mass is 407 g/mol. The van der Waals surface area contributed by atoms with Gasteiger partial charge in [-0.25, -0.2) is 0 Å².